The molecule has 37 heavy (non-hydrogen) atoms. The average molecular weight is 489 g/mol. The van der Waals surface area contributed by atoms with E-state index in [1.807, 2.05) is 42.9 Å². The fraction of sp³-hybridized carbons (Fsp3) is 0.226. The predicted octanol–water partition coefficient (Wildman–Crippen LogP) is 6.99. The molecule has 2 aromatic carbocycles. The molecule has 0 aliphatic carbocycles. The zero-order valence-electron chi connectivity index (χ0n) is 21.4. The van der Waals surface area contributed by atoms with Crippen molar-refractivity contribution in [3.05, 3.63) is 97.1 Å². The Hall–Kier alpha value is -4.32. The van der Waals surface area contributed by atoms with Gasteiger partial charge < -0.3 is 10.2 Å². The molecule has 5 aromatic rings. The van der Waals surface area contributed by atoms with Crippen molar-refractivity contribution in [3.8, 4) is 22.5 Å². The molecule has 0 unspecified atom stereocenters. The molecule has 6 nitrogen and oxygen atoms in total. The number of rotatable bonds is 10. The number of aromatic nitrogens is 4. The maximum Gasteiger partial charge on any atom is 0.163 e. The van der Waals surface area contributed by atoms with E-state index >= 15 is 0 Å². The van der Waals surface area contributed by atoms with Gasteiger partial charge >= 0.3 is 0 Å². The van der Waals surface area contributed by atoms with Crippen LogP contribution >= 0.6 is 0 Å². The largest absolute Gasteiger partial charge is 0.370 e. The van der Waals surface area contributed by atoms with Gasteiger partial charge in [0.05, 0.1) is 35.0 Å². The highest BCUT2D eigenvalue weighted by Gasteiger charge is 2.16. The summed E-state index contributed by atoms with van der Waals surface area (Å²) in [5.41, 5.74) is 6.07. The van der Waals surface area contributed by atoms with Gasteiger partial charge in [-0.15, -0.1) is 0 Å². The fourth-order valence-electron chi connectivity index (χ4n) is 4.61. The summed E-state index contributed by atoms with van der Waals surface area (Å²) in [4.78, 5) is 21.5. The minimum absolute atomic E-state index is 0.564. The van der Waals surface area contributed by atoms with E-state index < -0.39 is 0 Å². The monoisotopic (exact) mass is 488 g/mol. The first-order chi connectivity index (χ1) is 18.3. The highest BCUT2D eigenvalue weighted by Crippen LogP contribution is 2.34. The Labute approximate surface area is 218 Å². The molecular formula is C31H32N6. The van der Waals surface area contributed by atoms with Gasteiger partial charge in [-0.05, 0) is 48.2 Å². The number of benzene rings is 2. The standard InChI is InChI=1S/C31H32N6/c1-3-17-37(18-4-2)26-19-24(20-32-22-26)30-35-28-15-10-14-27(23-11-6-5-7-12-23)29(28)31(36-30)34-21-25-13-8-9-16-33-25/h5-16,19-20,22H,3-4,17-18,21H2,1-2H3,(H,34,35,36). The zero-order chi connectivity index (χ0) is 25.5. The van der Waals surface area contributed by atoms with Gasteiger partial charge in [0.15, 0.2) is 5.82 Å². The summed E-state index contributed by atoms with van der Waals surface area (Å²) in [5.74, 6) is 1.44. The highest BCUT2D eigenvalue weighted by molar-refractivity contribution is 6.02. The van der Waals surface area contributed by atoms with Crippen molar-refractivity contribution in [1.82, 2.24) is 19.9 Å². The van der Waals surface area contributed by atoms with E-state index in [9.17, 15) is 0 Å². The quantitative estimate of drug-likeness (QED) is 0.228. The maximum absolute atomic E-state index is 5.06. The van der Waals surface area contributed by atoms with Crippen molar-refractivity contribution in [3.63, 3.8) is 0 Å². The molecule has 0 amide bonds. The second-order valence-corrected chi connectivity index (χ2v) is 9.06. The maximum atomic E-state index is 5.06. The van der Waals surface area contributed by atoms with Crippen molar-refractivity contribution in [2.75, 3.05) is 23.3 Å². The van der Waals surface area contributed by atoms with Crippen LogP contribution in [0.15, 0.2) is 91.4 Å². The first-order valence-corrected chi connectivity index (χ1v) is 13.0. The van der Waals surface area contributed by atoms with Crippen LogP contribution in [0.1, 0.15) is 32.4 Å². The number of nitrogens with one attached hydrogen (secondary N) is 1. The molecule has 0 radical (unpaired) electrons. The SMILES string of the molecule is CCCN(CCC)c1cncc(-c2nc(NCc3ccccn3)c3c(-c4ccccc4)cccc3n2)c1. The van der Waals surface area contributed by atoms with Gasteiger partial charge in [0, 0.05) is 31.0 Å². The molecule has 0 atom stereocenters. The number of hydrogen-bond acceptors (Lipinski definition) is 6. The Morgan fingerprint density at radius 1 is 0.784 bits per heavy atom. The molecule has 1 N–H and O–H groups in total. The Morgan fingerprint density at radius 3 is 2.35 bits per heavy atom. The van der Waals surface area contributed by atoms with E-state index in [-0.39, 0.29) is 0 Å². The van der Waals surface area contributed by atoms with E-state index in [0.29, 0.717) is 12.4 Å². The first-order valence-electron chi connectivity index (χ1n) is 13.0. The number of nitrogens with zero attached hydrogens (tertiary/aromatic N) is 5. The third-order valence-corrected chi connectivity index (χ3v) is 6.31. The summed E-state index contributed by atoms with van der Waals surface area (Å²) in [6.07, 6.45) is 7.76. The van der Waals surface area contributed by atoms with Crippen LogP contribution in [-0.4, -0.2) is 33.0 Å². The van der Waals surface area contributed by atoms with Gasteiger partial charge in [-0.3, -0.25) is 9.97 Å². The molecular weight excluding hydrogens is 456 g/mol. The van der Waals surface area contributed by atoms with E-state index in [1.165, 1.54) is 0 Å². The summed E-state index contributed by atoms with van der Waals surface area (Å²) in [5, 5.41) is 4.55. The van der Waals surface area contributed by atoms with Crippen molar-refractivity contribution in [2.45, 2.75) is 33.2 Å². The van der Waals surface area contributed by atoms with E-state index in [0.717, 1.165) is 70.7 Å². The zero-order valence-corrected chi connectivity index (χ0v) is 21.4. The van der Waals surface area contributed by atoms with Gasteiger partial charge in [-0.1, -0.05) is 62.4 Å². The molecule has 0 saturated heterocycles. The lowest BCUT2D eigenvalue weighted by atomic mass is 10.0. The number of pyridine rings is 2. The van der Waals surface area contributed by atoms with Gasteiger partial charge in [0.2, 0.25) is 0 Å². The summed E-state index contributed by atoms with van der Waals surface area (Å²) in [6.45, 7) is 6.96. The molecule has 3 heterocycles. The first kappa shape index (κ1) is 24.4. The Balaban J connectivity index is 1.62. The molecule has 0 bridgehead atoms. The molecule has 0 aliphatic rings. The molecule has 186 valence electrons. The molecule has 3 aromatic heterocycles. The Morgan fingerprint density at radius 2 is 1.59 bits per heavy atom. The van der Waals surface area contributed by atoms with Crippen LogP contribution in [0.3, 0.4) is 0 Å². The van der Waals surface area contributed by atoms with Gasteiger partial charge in [-0.25, -0.2) is 9.97 Å². The van der Waals surface area contributed by atoms with Gasteiger partial charge in [0.25, 0.3) is 0 Å². The van der Waals surface area contributed by atoms with Crippen LogP contribution in [0.2, 0.25) is 0 Å². The number of hydrogen-bond donors (Lipinski definition) is 1. The van der Waals surface area contributed by atoms with Crippen LogP contribution in [-0.2, 0) is 6.54 Å². The van der Waals surface area contributed by atoms with Crippen LogP contribution in [0.25, 0.3) is 33.4 Å². The second-order valence-electron chi connectivity index (χ2n) is 9.06. The predicted molar refractivity (Wildman–Crippen MR) is 153 cm³/mol. The van der Waals surface area contributed by atoms with Gasteiger partial charge in [-0.2, -0.15) is 0 Å². The minimum atomic E-state index is 0.564. The van der Waals surface area contributed by atoms with Crippen molar-refractivity contribution in [1.29, 1.82) is 0 Å². The molecule has 0 aliphatic heterocycles. The molecule has 0 fully saturated rings. The summed E-state index contributed by atoms with van der Waals surface area (Å²) in [6, 6.07) is 24.7. The summed E-state index contributed by atoms with van der Waals surface area (Å²) < 4.78 is 0. The smallest absolute Gasteiger partial charge is 0.163 e. The second kappa shape index (κ2) is 11.6. The Kier molecular flexibility index (Phi) is 7.65. The normalized spacial score (nSPS) is 11.0. The van der Waals surface area contributed by atoms with E-state index in [4.69, 9.17) is 9.97 Å². The van der Waals surface area contributed by atoms with Crippen LogP contribution in [0.5, 0.6) is 0 Å². The summed E-state index contributed by atoms with van der Waals surface area (Å²) >= 11 is 0. The number of fused-ring (bicyclic) bond motifs is 1. The third kappa shape index (κ3) is 5.59. The van der Waals surface area contributed by atoms with Crippen LogP contribution in [0, 0.1) is 0 Å². The van der Waals surface area contributed by atoms with E-state index in [2.05, 4.69) is 82.6 Å². The van der Waals surface area contributed by atoms with Crippen LogP contribution in [0.4, 0.5) is 11.5 Å². The van der Waals surface area contributed by atoms with Crippen molar-refractivity contribution in [2.24, 2.45) is 0 Å². The lowest BCUT2D eigenvalue weighted by Crippen LogP contribution is -2.24. The lowest BCUT2D eigenvalue weighted by molar-refractivity contribution is 0.743. The van der Waals surface area contributed by atoms with Crippen molar-refractivity contribution < 1.29 is 0 Å². The molecule has 0 saturated carbocycles. The van der Waals surface area contributed by atoms with E-state index in [1.54, 1.807) is 0 Å². The Bertz CT molecular complexity index is 1450. The highest BCUT2D eigenvalue weighted by atomic mass is 15.1. The lowest BCUT2D eigenvalue weighted by Gasteiger charge is -2.23. The van der Waals surface area contributed by atoms with Crippen LogP contribution < -0.4 is 10.2 Å². The molecule has 0 spiro atoms. The van der Waals surface area contributed by atoms with Gasteiger partial charge in [0.1, 0.15) is 5.82 Å². The number of anilines is 2. The fourth-order valence-corrected chi connectivity index (χ4v) is 4.61. The van der Waals surface area contributed by atoms with Crippen molar-refractivity contribution >= 4 is 22.4 Å². The molecule has 5 rings (SSSR count). The third-order valence-electron chi connectivity index (χ3n) is 6.31. The average Bonchev–Trinajstić information content (AvgIpc) is 2.96. The topological polar surface area (TPSA) is 66.8 Å². The minimum Gasteiger partial charge on any atom is -0.370 e. The summed E-state index contributed by atoms with van der Waals surface area (Å²) in [7, 11) is 0. The molecule has 6 heteroatoms.